The second-order valence-corrected chi connectivity index (χ2v) is 8.69. The molecular weight excluding hydrogens is 517 g/mol. The molecule has 0 saturated carbocycles. The van der Waals surface area contributed by atoms with E-state index in [1.165, 1.54) is 0 Å². The molecular formula is C23H20BrCl2N3O3. The van der Waals surface area contributed by atoms with E-state index in [9.17, 15) is 4.79 Å². The molecule has 0 amide bonds. The van der Waals surface area contributed by atoms with Gasteiger partial charge < -0.3 is 24.8 Å². The first kappa shape index (κ1) is 22.6. The second kappa shape index (κ2) is 9.90. The summed E-state index contributed by atoms with van der Waals surface area (Å²) in [5.41, 5.74) is 3.88. The molecule has 0 radical (unpaired) electrons. The monoisotopic (exact) mass is 535 g/mol. The van der Waals surface area contributed by atoms with Crippen LogP contribution in [0.3, 0.4) is 0 Å². The van der Waals surface area contributed by atoms with Crippen LogP contribution >= 0.6 is 39.1 Å². The number of aromatic amines is 2. The van der Waals surface area contributed by atoms with Crippen molar-refractivity contribution in [3.63, 3.8) is 0 Å². The highest BCUT2D eigenvalue weighted by Crippen LogP contribution is 2.38. The lowest BCUT2D eigenvalue weighted by Gasteiger charge is -2.17. The summed E-state index contributed by atoms with van der Waals surface area (Å²) < 4.78 is 12.6. The fourth-order valence-corrected chi connectivity index (χ4v) is 4.40. The fraction of sp³-hybridized carbons (Fsp3) is 0.174. The van der Waals surface area contributed by atoms with Gasteiger partial charge in [-0.1, -0.05) is 29.3 Å². The van der Waals surface area contributed by atoms with Gasteiger partial charge in [0.1, 0.15) is 6.61 Å². The van der Waals surface area contributed by atoms with Gasteiger partial charge in [-0.3, -0.25) is 0 Å². The van der Waals surface area contributed by atoms with Gasteiger partial charge in [-0.25, -0.2) is 4.79 Å². The van der Waals surface area contributed by atoms with Crippen molar-refractivity contribution >= 4 is 55.9 Å². The Bertz CT molecular complexity index is 1300. The maximum absolute atomic E-state index is 11.5. The second-order valence-electron chi connectivity index (χ2n) is 7.02. The average molecular weight is 537 g/mol. The SMILES string of the molecule is CCOc1cc(CNc2ccc3[nH]c(=O)[nH]c3c2)cc(Br)c1OCc1c(Cl)cccc1Cl. The van der Waals surface area contributed by atoms with Crippen LogP contribution in [0.1, 0.15) is 18.1 Å². The van der Waals surface area contributed by atoms with E-state index in [4.69, 9.17) is 32.7 Å². The van der Waals surface area contributed by atoms with E-state index in [-0.39, 0.29) is 12.3 Å². The quantitative estimate of drug-likeness (QED) is 0.239. The number of imidazole rings is 1. The number of ether oxygens (including phenoxy) is 2. The molecule has 166 valence electrons. The van der Waals surface area contributed by atoms with Gasteiger partial charge in [0.05, 0.1) is 22.1 Å². The Hall–Kier alpha value is -2.61. The van der Waals surface area contributed by atoms with Crippen LogP contribution in [0.15, 0.2) is 57.8 Å². The van der Waals surface area contributed by atoms with Crippen molar-refractivity contribution in [1.82, 2.24) is 9.97 Å². The molecule has 3 N–H and O–H groups in total. The van der Waals surface area contributed by atoms with Crippen molar-refractivity contribution in [3.8, 4) is 11.5 Å². The summed E-state index contributed by atoms with van der Waals surface area (Å²) in [6, 6.07) is 14.9. The third kappa shape index (κ3) is 5.06. The first-order valence-electron chi connectivity index (χ1n) is 9.91. The summed E-state index contributed by atoms with van der Waals surface area (Å²) in [5, 5.41) is 4.46. The lowest BCUT2D eigenvalue weighted by molar-refractivity contribution is 0.267. The van der Waals surface area contributed by atoms with Crippen LogP contribution in [-0.4, -0.2) is 16.6 Å². The van der Waals surface area contributed by atoms with E-state index in [1.54, 1.807) is 18.2 Å². The first-order chi connectivity index (χ1) is 15.4. The molecule has 1 heterocycles. The fourth-order valence-electron chi connectivity index (χ4n) is 3.29. The molecule has 32 heavy (non-hydrogen) atoms. The highest BCUT2D eigenvalue weighted by Gasteiger charge is 2.15. The van der Waals surface area contributed by atoms with Crippen LogP contribution in [-0.2, 0) is 13.2 Å². The zero-order valence-corrected chi connectivity index (χ0v) is 20.2. The van der Waals surface area contributed by atoms with E-state index in [0.29, 0.717) is 40.3 Å². The molecule has 0 saturated heterocycles. The molecule has 0 fully saturated rings. The van der Waals surface area contributed by atoms with Gasteiger partial charge in [-0.15, -0.1) is 0 Å². The molecule has 0 aliphatic rings. The molecule has 4 aromatic rings. The first-order valence-corrected chi connectivity index (χ1v) is 11.5. The lowest BCUT2D eigenvalue weighted by atomic mass is 10.2. The molecule has 0 aliphatic carbocycles. The number of aromatic nitrogens is 2. The summed E-state index contributed by atoms with van der Waals surface area (Å²) >= 11 is 16.1. The zero-order valence-electron chi connectivity index (χ0n) is 17.1. The molecule has 6 nitrogen and oxygen atoms in total. The highest BCUT2D eigenvalue weighted by molar-refractivity contribution is 9.10. The summed E-state index contributed by atoms with van der Waals surface area (Å²) in [6.07, 6.45) is 0. The van der Waals surface area contributed by atoms with Crippen LogP contribution < -0.4 is 20.5 Å². The molecule has 1 aromatic heterocycles. The largest absolute Gasteiger partial charge is 0.490 e. The zero-order chi connectivity index (χ0) is 22.7. The predicted octanol–water partition coefficient (Wildman–Crippen LogP) is 6.52. The van der Waals surface area contributed by atoms with Gasteiger partial charge in [0.25, 0.3) is 0 Å². The Morgan fingerprint density at radius 3 is 2.50 bits per heavy atom. The van der Waals surface area contributed by atoms with Crippen molar-refractivity contribution in [2.45, 2.75) is 20.1 Å². The van der Waals surface area contributed by atoms with Crippen molar-refractivity contribution in [2.75, 3.05) is 11.9 Å². The number of nitrogens with one attached hydrogen (secondary N) is 3. The number of anilines is 1. The molecule has 9 heteroatoms. The number of rotatable bonds is 8. The van der Waals surface area contributed by atoms with Gasteiger partial charge in [-0.05, 0) is 70.9 Å². The van der Waals surface area contributed by atoms with Gasteiger partial charge in [-0.2, -0.15) is 0 Å². The normalized spacial score (nSPS) is 11.0. The Kier molecular flexibility index (Phi) is 6.98. The number of benzene rings is 3. The maximum Gasteiger partial charge on any atom is 0.323 e. The molecule has 0 bridgehead atoms. The average Bonchev–Trinajstić information content (AvgIpc) is 3.13. The van der Waals surface area contributed by atoms with Crippen LogP contribution in [0.2, 0.25) is 10.0 Å². The molecule has 4 rings (SSSR count). The Morgan fingerprint density at radius 2 is 1.75 bits per heavy atom. The summed E-state index contributed by atoms with van der Waals surface area (Å²) in [5.74, 6) is 1.20. The molecule has 0 atom stereocenters. The highest BCUT2D eigenvalue weighted by atomic mass is 79.9. The topological polar surface area (TPSA) is 79.1 Å². The van der Waals surface area contributed by atoms with Gasteiger partial charge >= 0.3 is 5.69 Å². The minimum absolute atomic E-state index is 0.212. The van der Waals surface area contributed by atoms with E-state index in [1.807, 2.05) is 37.3 Å². The van der Waals surface area contributed by atoms with Crippen LogP contribution in [0.25, 0.3) is 11.0 Å². The van der Waals surface area contributed by atoms with E-state index in [0.717, 1.165) is 26.8 Å². The summed E-state index contributed by atoms with van der Waals surface area (Å²) in [6.45, 7) is 3.17. The lowest BCUT2D eigenvalue weighted by Crippen LogP contribution is -2.04. The number of hydrogen-bond donors (Lipinski definition) is 3. The van der Waals surface area contributed by atoms with Crippen LogP contribution in [0.4, 0.5) is 5.69 Å². The smallest absolute Gasteiger partial charge is 0.323 e. The molecule has 3 aromatic carbocycles. The van der Waals surface area contributed by atoms with E-state index in [2.05, 4.69) is 31.2 Å². The third-order valence-electron chi connectivity index (χ3n) is 4.80. The number of H-pyrrole nitrogens is 2. The van der Waals surface area contributed by atoms with Gasteiger partial charge in [0.15, 0.2) is 11.5 Å². The van der Waals surface area contributed by atoms with Gasteiger partial charge in [0, 0.05) is 27.8 Å². The van der Waals surface area contributed by atoms with Crippen molar-refractivity contribution < 1.29 is 9.47 Å². The standard InChI is InChI=1S/C23H20BrCl2N3O3/c1-2-31-21-9-13(11-27-14-6-7-19-20(10-14)29-23(30)28-19)8-16(24)22(21)32-12-15-17(25)4-3-5-18(15)26/h3-10,27H,2,11-12H2,1H3,(H2,28,29,30). The summed E-state index contributed by atoms with van der Waals surface area (Å²) in [4.78, 5) is 16.9. The van der Waals surface area contributed by atoms with Crippen LogP contribution in [0, 0.1) is 0 Å². The van der Waals surface area contributed by atoms with E-state index >= 15 is 0 Å². The third-order valence-corrected chi connectivity index (χ3v) is 6.10. The minimum Gasteiger partial charge on any atom is -0.490 e. The number of halogens is 3. The van der Waals surface area contributed by atoms with Gasteiger partial charge in [0.2, 0.25) is 0 Å². The number of hydrogen-bond acceptors (Lipinski definition) is 4. The minimum atomic E-state index is -0.226. The predicted molar refractivity (Wildman–Crippen MR) is 132 cm³/mol. The van der Waals surface area contributed by atoms with Crippen molar-refractivity contribution in [1.29, 1.82) is 0 Å². The van der Waals surface area contributed by atoms with E-state index < -0.39 is 0 Å². The Balaban J connectivity index is 1.52. The molecule has 0 unspecified atom stereocenters. The van der Waals surface area contributed by atoms with Crippen molar-refractivity contribution in [3.05, 3.63) is 84.7 Å². The Morgan fingerprint density at radius 1 is 1.00 bits per heavy atom. The van der Waals surface area contributed by atoms with Crippen molar-refractivity contribution in [2.24, 2.45) is 0 Å². The molecule has 0 aliphatic heterocycles. The molecule has 0 spiro atoms. The van der Waals surface area contributed by atoms with Crippen LogP contribution in [0.5, 0.6) is 11.5 Å². The Labute approximate surface area is 203 Å². The summed E-state index contributed by atoms with van der Waals surface area (Å²) in [7, 11) is 0. The maximum atomic E-state index is 11.5. The number of fused-ring (bicyclic) bond motifs is 1.